The van der Waals surface area contributed by atoms with E-state index in [1.165, 1.54) is 0 Å². The molecule has 1 aliphatic heterocycles. The molecule has 2 unspecified atom stereocenters. The molecule has 1 rings (SSSR count). The van der Waals surface area contributed by atoms with Gasteiger partial charge in [-0.05, 0) is 39.3 Å². The SMILES string of the molecule is C=C(C)C(=O)OCCC[Si]1(C)OCCC(C)O1. The normalized spacial score (nSPS) is 28.8. The van der Waals surface area contributed by atoms with E-state index in [1.54, 1.807) is 6.92 Å². The van der Waals surface area contributed by atoms with E-state index in [9.17, 15) is 4.79 Å². The molecule has 4 nitrogen and oxygen atoms in total. The zero-order chi connectivity index (χ0) is 12.9. The molecule has 17 heavy (non-hydrogen) atoms. The number of carbonyl (C=O) groups excluding carboxylic acids is 1. The number of ether oxygens (including phenoxy) is 1. The highest BCUT2D eigenvalue weighted by atomic mass is 28.4. The van der Waals surface area contributed by atoms with Crippen LogP contribution in [0.5, 0.6) is 0 Å². The van der Waals surface area contributed by atoms with Crippen molar-refractivity contribution in [1.29, 1.82) is 0 Å². The average molecular weight is 258 g/mol. The molecule has 1 saturated heterocycles. The molecule has 0 N–H and O–H groups in total. The minimum Gasteiger partial charge on any atom is -0.462 e. The fourth-order valence-corrected chi connectivity index (χ4v) is 4.41. The zero-order valence-corrected chi connectivity index (χ0v) is 12.0. The summed E-state index contributed by atoms with van der Waals surface area (Å²) in [6, 6.07) is 0.862. The molecule has 0 radical (unpaired) electrons. The van der Waals surface area contributed by atoms with Crippen molar-refractivity contribution in [2.75, 3.05) is 13.2 Å². The van der Waals surface area contributed by atoms with Gasteiger partial charge in [-0.25, -0.2) is 4.79 Å². The van der Waals surface area contributed by atoms with Crippen LogP contribution in [0.1, 0.15) is 26.7 Å². The summed E-state index contributed by atoms with van der Waals surface area (Å²) in [4.78, 5) is 11.2. The van der Waals surface area contributed by atoms with Crippen molar-refractivity contribution in [3.05, 3.63) is 12.2 Å². The summed E-state index contributed by atoms with van der Waals surface area (Å²) >= 11 is 0. The Kier molecular flexibility index (Phi) is 5.36. The molecule has 2 atom stereocenters. The van der Waals surface area contributed by atoms with Gasteiger partial charge in [0.25, 0.3) is 0 Å². The van der Waals surface area contributed by atoms with Crippen LogP contribution in [0, 0.1) is 0 Å². The van der Waals surface area contributed by atoms with Gasteiger partial charge < -0.3 is 13.6 Å². The third kappa shape index (κ3) is 5.02. The Morgan fingerprint density at radius 3 is 2.88 bits per heavy atom. The van der Waals surface area contributed by atoms with Crippen molar-refractivity contribution in [3.8, 4) is 0 Å². The van der Waals surface area contributed by atoms with E-state index in [2.05, 4.69) is 20.0 Å². The second kappa shape index (κ2) is 6.33. The molecule has 98 valence electrons. The van der Waals surface area contributed by atoms with Gasteiger partial charge in [0, 0.05) is 18.3 Å². The lowest BCUT2D eigenvalue weighted by molar-refractivity contribution is -0.139. The summed E-state index contributed by atoms with van der Waals surface area (Å²) < 4.78 is 16.7. The molecule has 0 saturated carbocycles. The van der Waals surface area contributed by atoms with Crippen LogP contribution in [0.2, 0.25) is 12.6 Å². The van der Waals surface area contributed by atoms with Gasteiger partial charge in [-0.3, -0.25) is 0 Å². The van der Waals surface area contributed by atoms with E-state index in [-0.39, 0.29) is 5.97 Å². The van der Waals surface area contributed by atoms with Crippen molar-refractivity contribution in [2.24, 2.45) is 0 Å². The Morgan fingerprint density at radius 2 is 2.29 bits per heavy atom. The van der Waals surface area contributed by atoms with Crippen LogP contribution in [0.4, 0.5) is 0 Å². The maximum Gasteiger partial charge on any atom is 0.335 e. The van der Waals surface area contributed by atoms with E-state index < -0.39 is 8.56 Å². The van der Waals surface area contributed by atoms with Crippen LogP contribution in [0.15, 0.2) is 12.2 Å². The van der Waals surface area contributed by atoms with E-state index >= 15 is 0 Å². The maximum absolute atomic E-state index is 11.2. The predicted octanol–water partition coefficient (Wildman–Crippen LogP) is 2.39. The number of rotatable bonds is 5. The topological polar surface area (TPSA) is 44.8 Å². The first-order valence-electron chi connectivity index (χ1n) is 6.07. The molecule has 0 amide bonds. The predicted molar refractivity (Wildman–Crippen MR) is 67.9 cm³/mol. The summed E-state index contributed by atoms with van der Waals surface area (Å²) in [5, 5.41) is 0. The molecule has 5 heteroatoms. The molecule has 0 aliphatic carbocycles. The summed E-state index contributed by atoms with van der Waals surface area (Å²) in [6.07, 6.45) is 2.04. The van der Waals surface area contributed by atoms with Gasteiger partial charge in [0.05, 0.1) is 6.61 Å². The highest BCUT2D eigenvalue weighted by Crippen LogP contribution is 2.23. The lowest BCUT2D eigenvalue weighted by Gasteiger charge is -2.35. The van der Waals surface area contributed by atoms with Crippen LogP contribution >= 0.6 is 0 Å². The molecular formula is C12H22O4Si. The van der Waals surface area contributed by atoms with Crippen LogP contribution in [-0.2, 0) is 18.4 Å². The highest BCUT2D eigenvalue weighted by Gasteiger charge is 2.36. The van der Waals surface area contributed by atoms with Gasteiger partial charge >= 0.3 is 14.5 Å². The quantitative estimate of drug-likeness (QED) is 0.329. The maximum atomic E-state index is 11.2. The summed E-state index contributed by atoms with van der Waals surface area (Å²) in [7, 11) is -2.01. The second-order valence-corrected chi connectivity index (χ2v) is 8.01. The molecule has 1 fully saturated rings. The van der Waals surface area contributed by atoms with E-state index in [1.807, 2.05) is 0 Å². The Balaban J connectivity index is 2.21. The molecule has 0 spiro atoms. The number of carbonyl (C=O) groups is 1. The third-order valence-electron chi connectivity index (χ3n) is 2.74. The van der Waals surface area contributed by atoms with Crippen molar-refractivity contribution >= 4 is 14.5 Å². The Morgan fingerprint density at radius 1 is 1.59 bits per heavy atom. The third-order valence-corrected chi connectivity index (χ3v) is 5.72. The number of hydrogen-bond donors (Lipinski definition) is 0. The smallest absolute Gasteiger partial charge is 0.335 e. The lowest BCUT2D eigenvalue weighted by atomic mass is 10.3. The van der Waals surface area contributed by atoms with Crippen molar-refractivity contribution in [3.63, 3.8) is 0 Å². The second-order valence-electron chi connectivity index (χ2n) is 4.72. The summed E-state index contributed by atoms with van der Waals surface area (Å²) in [5.74, 6) is -0.323. The Hall–Kier alpha value is -0.653. The first-order chi connectivity index (χ1) is 7.93. The van der Waals surface area contributed by atoms with Crippen LogP contribution in [0.3, 0.4) is 0 Å². The highest BCUT2D eigenvalue weighted by molar-refractivity contribution is 6.66. The van der Waals surface area contributed by atoms with Crippen molar-refractivity contribution < 1.29 is 18.4 Å². The standard InChI is InChI=1S/C12H22O4Si/c1-10(2)12(13)14-7-5-9-17(4)15-8-6-11(3)16-17/h11H,1,5-9H2,2-4H3. The molecule has 0 aromatic carbocycles. The Labute approximate surface area is 104 Å². The molecule has 0 aromatic heterocycles. The van der Waals surface area contributed by atoms with Crippen LogP contribution in [-0.4, -0.2) is 33.8 Å². The first-order valence-corrected chi connectivity index (χ1v) is 8.60. The molecule has 1 heterocycles. The van der Waals surface area contributed by atoms with Gasteiger partial charge in [0.15, 0.2) is 0 Å². The molecule has 0 bridgehead atoms. The molecular weight excluding hydrogens is 236 g/mol. The van der Waals surface area contributed by atoms with E-state index in [0.29, 0.717) is 18.3 Å². The summed E-state index contributed by atoms with van der Waals surface area (Å²) in [6.45, 7) is 10.5. The number of hydrogen-bond acceptors (Lipinski definition) is 4. The zero-order valence-electron chi connectivity index (χ0n) is 11.0. The average Bonchev–Trinajstić information content (AvgIpc) is 2.23. The van der Waals surface area contributed by atoms with Gasteiger partial charge in [0.1, 0.15) is 0 Å². The Bertz CT molecular complexity index is 292. The lowest BCUT2D eigenvalue weighted by Crippen LogP contribution is -2.46. The first kappa shape index (κ1) is 14.4. The monoisotopic (exact) mass is 258 g/mol. The van der Waals surface area contributed by atoms with Gasteiger partial charge in [-0.15, -0.1) is 0 Å². The van der Waals surface area contributed by atoms with E-state index in [0.717, 1.165) is 25.5 Å². The fraction of sp³-hybridized carbons (Fsp3) is 0.750. The summed E-state index contributed by atoms with van der Waals surface area (Å²) in [5.41, 5.74) is 0.437. The van der Waals surface area contributed by atoms with Gasteiger partial charge in [-0.1, -0.05) is 6.58 Å². The number of esters is 1. The molecule has 0 aromatic rings. The van der Waals surface area contributed by atoms with Crippen LogP contribution < -0.4 is 0 Å². The van der Waals surface area contributed by atoms with E-state index in [4.69, 9.17) is 13.6 Å². The fourth-order valence-electron chi connectivity index (χ4n) is 1.77. The largest absolute Gasteiger partial charge is 0.462 e. The van der Waals surface area contributed by atoms with Gasteiger partial charge in [-0.2, -0.15) is 0 Å². The van der Waals surface area contributed by atoms with Crippen molar-refractivity contribution in [2.45, 2.75) is 45.4 Å². The minimum absolute atomic E-state index is 0.290. The molecule has 1 aliphatic rings. The van der Waals surface area contributed by atoms with Crippen LogP contribution in [0.25, 0.3) is 0 Å². The van der Waals surface area contributed by atoms with Gasteiger partial charge in [0.2, 0.25) is 0 Å². The minimum atomic E-state index is -2.01. The van der Waals surface area contributed by atoms with Crippen molar-refractivity contribution in [1.82, 2.24) is 0 Å².